The molecule has 4 heteroatoms. The summed E-state index contributed by atoms with van der Waals surface area (Å²) in [6.45, 7) is 2.04. The highest BCUT2D eigenvalue weighted by atomic mass is 35.5. The van der Waals surface area contributed by atoms with Gasteiger partial charge in [0.15, 0.2) is 5.79 Å². The third-order valence-corrected chi connectivity index (χ3v) is 4.73. The van der Waals surface area contributed by atoms with Gasteiger partial charge in [0, 0.05) is 28.5 Å². The molecule has 2 fully saturated rings. The van der Waals surface area contributed by atoms with Crippen LogP contribution in [0.25, 0.3) is 0 Å². The summed E-state index contributed by atoms with van der Waals surface area (Å²) >= 11 is 12.6. The lowest BCUT2D eigenvalue weighted by atomic mass is 9.94. The van der Waals surface area contributed by atoms with E-state index < -0.39 is 5.79 Å². The summed E-state index contributed by atoms with van der Waals surface area (Å²) in [7, 11) is 0. The molecule has 1 aliphatic heterocycles. The number of hydrogen-bond acceptors (Lipinski definition) is 2. The zero-order valence-electron chi connectivity index (χ0n) is 11.0. The molecule has 2 nitrogen and oxygen atoms in total. The number of rotatable bonds is 1. The first-order chi connectivity index (χ1) is 9.11. The maximum Gasteiger partial charge on any atom is 0.169 e. The molecule has 2 atom stereocenters. The third-order valence-electron chi connectivity index (χ3n) is 4.07. The summed E-state index contributed by atoms with van der Waals surface area (Å²) in [5.74, 6) is -0.412. The van der Waals surface area contributed by atoms with E-state index in [1.54, 1.807) is 0 Å². The van der Waals surface area contributed by atoms with Crippen molar-refractivity contribution >= 4 is 23.2 Å². The van der Waals surface area contributed by atoms with Crippen LogP contribution in [0.2, 0.25) is 10.0 Å². The van der Waals surface area contributed by atoms with Gasteiger partial charge in [0.25, 0.3) is 0 Å². The first kappa shape index (κ1) is 13.7. The maximum absolute atomic E-state index is 6.28. The van der Waals surface area contributed by atoms with Gasteiger partial charge in [-0.2, -0.15) is 0 Å². The van der Waals surface area contributed by atoms with Gasteiger partial charge in [-0.05, 0) is 31.9 Å². The van der Waals surface area contributed by atoms with Crippen LogP contribution in [0, 0.1) is 0 Å². The quantitative estimate of drug-likeness (QED) is 0.716. The SMILES string of the molecule is CC1OC2(CCCCC2)OC1c1c(Cl)cccc1Cl. The van der Waals surface area contributed by atoms with Gasteiger partial charge in [-0.1, -0.05) is 35.7 Å². The molecule has 2 unspecified atom stereocenters. The second-order valence-corrected chi connectivity index (χ2v) is 6.28. The van der Waals surface area contributed by atoms with Gasteiger partial charge in [-0.25, -0.2) is 0 Å². The number of halogens is 2. The summed E-state index contributed by atoms with van der Waals surface area (Å²) in [4.78, 5) is 0. The van der Waals surface area contributed by atoms with E-state index in [1.807, 2.05) is 25.1 Å². The second kappa shape index (κ2) is 5.25. The summed E-state index contributed by atoms with van der Waals surface area (Å²) in [6.07, 6.45) is 5.34. The molecular formula is C15H18Cl2O2. The second-order valence-electron chi connectivity index (χ2n) is 5.47. The fourth-order valence-electron chi connectivity index (χ4n) is 3.16. The molecule has 1 aliphatic carbocycles. The van der Waals surface area contributed by atoms with Crippen LogP contribution in [0.5, 0.6) is 0 Å². The zero-order chi connectivity index (χ0) is 13.5. The fraction of sp³-hybridized carbons (Fsp3) is 0.600. The maximum atomic E-state index is 6.28. The van der Waals surface area contributed by atoms with Gasteiger partial charge in [0.1, 0.15) is 6.10 Å². The van der Waals surface area contributed by atoms with Crippen molar-refractivity contribution in [3.63, 3.8) is 0 Å². The Morgan fingerprint density at radius 2 is 1.68 bits per heavy atom. The topological polar surface area (TPSA) is 18.5 Å². The average molecular weight is 301 g/mol. The predicted octanol–water partition coefficient (Wildman–Crippen LogP) is 5.13. The number of hydrogen-bond donors (Lipinski definition) is 0. The van der Waals surface area contributed by atoms with Gasteiger partial charge >= 0.3 is 0 Å². The van der Waals surface area contributed by atoms with Crippen LogP contribution in [0.1, 0.15) is 50.7 Å². The summed E-state index contributed by atoms with van der Waals surface area (Å²) in [5.41, 5.74) is 0.862. The van der Waals surface area contributed by atoms with Crippen molar-refractivity contribution in [1.82, 2.24) is 0 Å². The molecule has 2 aliphatic rings. The van der Waals surface area contributed by atoms with E-state index in [4.69, 9.17) is 32.7 Å². The van der Waals surface area contributed by atoms with Crippen LogP contribution in [0.15, 0.2) is 18.2 Å². The normalized spacial score (nSPS) is 29.8. The third kappa shape index (κ3) is 2.52. The van der Waals surface area contributed by atoms with Crippen molar-refractivity contribution in [2.45, 2.75) is 57.0 Å². The Morgan fingerprint density at radius 1 is 1.05 bits per heavy atom. The first-order valence-corrected chi connectivity index (χ1v) is 7.66. The van der Waals surface area contributed by atoms with Crippen LogP contribution in [-0.2, 0) is 9.47 Å². The van der Waals surface area contributed by atoms with E-state index in [0.29, 0.717) is 10.0 Å². The zero-order valence-corrected chi connectivity index (χ0v) is 12.5. The highest BCUT2D eigenvalue weighted by Gasteiger charge is 2.47. The molecule has 1 heterocycles. The minimum Gasteiger partial charge on any atom is -0.344 e. The number of benzene rings is 1. The van der Waals surface area contributed by atoms with Gasteiger partial charge in [-0.15, -0.1) is 0 Å². The monoisotopic (exact) mass is 300 g/mol. The van der Waals surface area contributed by atoms with Crippen molar-refractivity contribution < 1.29 is 9.47 Å². The molecule has 0 bridgehead atoms. The Kier molecular flexibility index (Phi) is 3.78. The lowest BCUT2D eigenvalue weighted by molar-refractivity contribution is -0.193. The van der Waals surface area contributed by atoms with Crippen molar-refractivity contribution in [3.8, 4) is 0 Å². The molecule has 1 spiro atoms. The van der Waals surface area contributed by atoms with Crippen molar-refractivity contribution in [1.29, 1.82) is 0 Å². The predicted molar refractivity (Wildman–Crippen MR) is 76.7 cm³/mol. The number of ether oxygens (including phenoxy) is 2. The van der Waals surface area contributed by atoms with E-state index in [1.165, 1.54) is 6.42 Å². The van der Waals surface area contributed by atoms with Gasteiger partial charge in [-0.3, -0.25) is 0 Å². The lowest BCUT2D eigenvalue weighted by Gasteiger charge is -2.32. The Hall–Kier alpha value is -0.280. The fourth-order valence-corrected chi connectivity index (χ4v) is 3.77. The smallest absolute Gasteiger partial charge is 0.169 e. The molecule has 0 N–H and O–H groups in total. The Labute approximate surface area is 124 Å². The summed E-state index contributed by atoms with van der Waals surface area (Å²) < 4.78 is 12.4. The molecule has 0 radical (unpaired) electrons. The average Bonchev–Trinajstić information content (AvgIpc) is 2.67. The standard InChI is InChI=1S/C15H18Cl2O2/c1-10-14(13-11(16)6-5-7-12(13)17)19-15(18-10)8-3-2-4-9-15/h5-7,10,14H,2-4,8-9H2,1H3. The van der Waals surface area contributed by atoms with Gasteiger partial charge < -0.3 is 9.47 Å². The molecule has 19 heavy (non-hydrogen) atoms. The molecule has 1 aromatic rings. The van der Waals surface area contributed by atoms with E-state index >= 15 is 0 Å². The molecule has 1 saturated heterocycles. The molecule has 0 amide bonds. The van der Waals surface area contributed by atoms with Crippen LogP contribution >= 0.6 is 23.2 Å². The highest BCUT2D eigenvalue weighted by molar-refractivity contribution is 6.36. The van der Waals surface area contributed by atoms with Crippen molar-refractivity contribution in [2.75, 3.05) is 0 Å². The van der Waals surface area contributed by atoms with E-state index in [2.05, 4.69) is 0 Å². The minimum atomic E-state index is -0.412. The van der Waals surface area contributed by atoms with E-state index in [9.17, 15) is 0 Å². The van der Waals surface area contributed by atoms with Gasteiger partial charge in [0.2, 0.25) is 0 Å². The molecule has 3 rings (SSSR count). The van der Waals surface area contributed by atoms with Crippen LogP contribution in [-0.4, -0.2) is 11.9 Å². The lowest BCUT2D eigenvalue weighted by Crippen LogP contribution is -2.33. The molecule has 1 aromatic carbocycles. The minimum absolute atomic E-state index is 0.0181. The van der Waals surface area contributed by atoms with Crippen molar-refractivity contribution in [3.05, 3.63) is 33.8 Å². The molecule has 104 valence electrons. The highest BCUT2D eigenvalue weighted by Crippen LogP contribution is 2.48. The molecular weight excluding hydrogens is 283 g/mol. The van der Waals surface area contributed by atoms with Crippen molar-refractivity contribution in [2.24, 2.45) is 0 Å². The Balaban J connectivity index is 1.90. The van der Waals surface area contributed by atoms with Crippen LogP contribution < -0.4 is 0 Å². The Morgan fingerprint density at radius 3 is 2.32 bits per heavy atom. The summed E-state index contributed by atoms with van der Waals surface area (Å²) in [5, 5.41) is 1.31. The largest absolute Gasteiger partial charge is 0.344 e. The Bertz CT molecular complexity index is 449. The molecule has 1 saturated carbocycles. The first-order valence-electron chi connectivity index (χ1n) is 6.91. The van der Waals surface area contributed by atoms with Crippen LogP contribution in [0.4, 0.5) is 0 Å². The van der Waals surface area contributed by atoms with Crippen LogP contribution in [0.3, 0.4) is 0 Å². The van der Waals surface area contributed by atoms with E-state index in [-0.39, 0.29) is 12.2 Å². The summed E-state index contributed by atoms with van der Waals surface area (Å²) in [6, 6.07) is 5.56. The van der Waals surface area contributed by atoms with E-state index in [0.717, 1.165) is 31.2 Å². The molecule has 0 aromatic heterocycles. The van der Waals surface area contributed by atoms with Gasteiger partial charge in [0.05, 0.1) is 6.10 Å².